The first-order valence-corrected chi connectivity index (χ1v) is 5.06. The summed E-state index contributed by atoms with van der Waals surface area (Å²) in [5, 5.41) is 0.680. The Kier molecular flexibility index (Phi) is 2.99. The Morgan fingerprint density at radius 1 is 1.25 bits per heavy atom. The number of halogens is 2. The number of rotatable bonds is 1. The normalized spacial score (nSPS) is 10.7. The average Bonchev–Trinajstić information content (AvgIpc) is 2.00. The van der Waals surface area contributed by atoms with Crippen LogP contribution in [0, 0.1) is 6.92 Å². The van der Waals surface area contributed by atoms with E-state index >= 15 is 0 Å². The molecule has 2 nitrogen and oxygen atoms in total. The van der Waals surface area contributed by atoms with Gasteiger partial charge in [0.05, 0.1) is 9.92 Å². The average molecular weight is 225 g/mol. The third kappa shape index (κ3) is 1.73. The summed E-state index contributed by atoms with van der Waals surface area (Å²) in [6.45, 7) is 1.67. The van der Waals surface area contributed by atoms with Crippen molar-refractivity contribution in [2.75, 3.05) is 0 Å². The lowest BCUT2D eigenvalue weighted by atomic mass is 10.2. The van der Waals surface area contributed by atoms with Crippen molar-refractivity contribution in [3.63, 3.8) is 0 Å². The molecule has 0 aromatic heterocycles. The molecule has 0 aliphatic heterocycles. The van der Waals surface area contributed by atoms with E-state index in [1.165, 1.54) is 12.1 Å². The van der Waals surface area contributed by atoms with Crippen LogP contribution in [0.2, 0.25) is 10.0 Å². The van der Waals surface area contributed by atoms with Crippen LogP contribution in [-0.4, -0.2) is 8.42 Å². The van der Waals surface area contributed by atoms with Crippen molar-refractivity contribution in [1.29, 1.82) is 0 Å². The topological polar surface area (TPSA) is 34.1 Å². The van der Waals surface area contributed by atoms with Crippen LogP contribution in [0.4, 0.5) is 0 Å². The number of thiol groups is 1. The highest BCUT2D eigenvalue weighted by molar-refractivity contribution is 7.72. The van der Waals surface area contributed by atoms with Gasteiger partial charge in [-0.2, -0.15) is 0 Å². The Labute approximate surface area is 82.1 Å². The van der Waals surface area contributed by atoms with Gasteiger partial charge in [0.25, 0.3) is 0 Å². The Morgan fingerprint density at radius 2 is 1.83 bits per heavy atom. The van der Waals surface area contributed by atoms with E-state index in [1.807, 2.05) is 0 Å². The Morgan fingerprint density at radius 3 is 2.33 bits per heavy atom. The van der Waals surface area contributed by atoms with Gasteiger partial charge in [0.2, 0.25) is 0 Å². The third-order valence-electron chi connectivity index (χ3n) is 1.50. The number of hydrogen-bond acceptors (Lipinski definition) is 2. The second-order valence-corrected chi connectivity index (χ2v) is 4.04. The zero-order chi connectivity index (χ0) is 9.30. The molecule has 0 saturated carbocycles. The van der Waals surface area contributed by atoms with Gasteiger partial charge >= 0.3 is 0 Å². The summed E-state index contributed by atoms with van der Waals surface area (Å²) in [6.07, 6.45) is 0. The molecule has 0 aliphatic carbocycles. The molecule has 0 atom stereocenters. The van der Waals surface area contributed by atoms with Crippen LogP contribution in [0.3, 0.4) is 0 Å². The first-order chi connectivity index (χ1) is 5.54. The molecule has 0 amide bonds. The Bertz CT molecular complexity index is 377. The van der Waals surface area contributed by atoms with Crippen molar-refractivity contribution in [3.05, 3.63) is 27.7 Å². The van der Waals surface area contributed by atoms with Crippen molar-refractivity contribution < 1.29 is 8.42 Å². The summed E-state index contributed by atoms with van der Waals surface area (Å²) in [4.78, 5) is 0.119. The minimum Gasteiger partial charge on any atom is -0.227 e. The molecule has 0 radical (unpaired) electrons. The molecule has 0 aliphatic rings. The highest BCUT2D eigenvalue weighted by Gasteiger charge is 2.07. The fourth-order valence-corrected chi connectivity index (χ4v) is 1.89. The van der Waals surface area contributed by atoms with Gasteiger partial charge in [0, 0.05) is 5.02 Å². The van der Waals surface area contributed by atoms with Crippen LogP contribution in [0.25, 0.3) is 0 Å². The molecule has 12 heavy (non-hydrogen) atoms. The SMILES string of the molecule is Cc1c(Cl)ccc([SH](=O)=O)c1Cl. The van der Waals surface area contributed by atoms with Gasteiger partial charge < -0.3 is 0 Å². The minimum absolute atomic E-state index is 0.119. The first-order valence-electron chi connectivity index (χ1n) is 3.13. The van der Waals surface area contributed by atoms with Crippen molar-refractivity contribution >= 4 is 33.9 Å². The van der Waals surface area contributed by atoms with E-state index in [1.54, 1.807) is 6.92 Å². The molecule has 0 fully saturated rings. The highest BCUT2D eigenvalue weighted by Crippen LogP contribution is 2.27. The van der Waals surface area contributed by atoms with E-state index in [9.17, 15) is 8.42 Å². The van der Waals surface area contributed by atoms with E-state index in [4.69, 9.17) is 23.2 Å². The van der Waals surface area contributed by atoms with Crippen LogP contribution in [0.15, 0.2) is 17.0 Å². The van der Waals surface area contributed by atoms with Gasteiger partial charge in [-0.15, -0.1) is 0 Å². The molecular weight excluding hydrogens is 219 g/mol. The molecule has 0 unspecified atom stereocenters. The molecule has 1 rings (SSSR count). The smallest absolute Gasteiger partial charge is 0.169 e. The predicted octanol–water partition coefficient (Wildman–Crippen LogP) is 2.27. The molecule has 5 heteroatoms. The van der Waals surface area contributed by atoms with Gasteiger partial charge in [0.15, 0.2) is 10.7 Å². The van der Waals surface area contributed by atoms with Crippen LogP contribution in [-0.2, 0) is 10.7 Å². The van der Waals surface area contributed by atoms with Gasteiger partial charge in [-0.3, -0.25) is 0 Å². The molecule has 0 saturated heterocycles. The molecule has 1 aromatic carbocycles. The second-order valence-electron chi connectivity index (χ2n) is 2.26. The summed E-state index contributed by atoms with van der Waals surface area (Å²) >= 11 is 11.4. The van der Waals surface area contributed by atoms with Gasteiger partial charge in [0.1, 0.15) is 0 Å². The maximum atomic E-state index is 10.6. The highest BCUT2D eigenvalue weighted by atomic mass is 35.5. The standard InChI is InChI=1S/C7H6Cl2O2S/c1-4-5(8)2-3-6(7(4)9)12(10)11/h2-3,12H,1H3. The maximum absolute atomic E-state index is 10.6. The second kappa shape index (κ2) is 3.64. The van der Waals surface area contributed by atoms with Gasteiger partial charge in [-0.05, 0) is 24.6 Å². The first kappa shape index (κ1) is 9.84. The van der Waals surface area contributed by atoms with Gasteiger partial charge in [-0.25, -0.2) is 8.42 Å². The molecule has 0 heterocycles. The molecule has 66 valence electrons. The lowest BCUT2D eigenvalue weighted by Gasteiger charge is -2.01. The fourth-order valence-electron chi connectivity index (χ4n) is 0.788. The Balaban J connectivity index is 3.46. The third-order valence-corrected chi connectivity index (χ3v) is 3.29. The summed E-state index contributed by atoms with van der Waals surface area (Å²) in [5.74, 6) is 0. The van der Waals surface area contributed by atoms with Crippen LogP contribution in [0.1, 0.15) is 5.56 Å². The monoisotopic (exact) mass is 224 g/mol. The lowest BCUT2D eigenvalue weighted by Crippen LogP contribution is -1.86. The minimum atomic E-state index is -2.64. The quantitative estimate of drug-likeness (QED) is 0.744. The summed E-state index contributed by atoms with van der Waals surface area (Å²) < 4.78 is 21.2. The zero-order valence-electron chi connectivity index (χ0n) is 6.17. The van der Waals surface area contributed by atoms with Crippen molar-refractivity contribution in [1.82, 2.24) is 0 Å². The molecule has 0 N–H and O–H groups in total. The number of hydrogen-bond donors (Lipinski definition) is 1. The summed E-state index contributed by atoms with van der Waals surface area (Å²) in [7, 11) is -2.64. The molecule has 0 bridgehead atoms. The predicted molar refractivity (Wildman–Crippen MR) is 49.8 cm³/mol. The van der Waals surface area contributed by atoms with Gasteiger partial charge in [-0.1, -0.05) is 23.2 Å². The van der Waals surface area contributed by atoms with E-state index < -0.39 is 10.7 Å². The van der Waals surface area contributed by atoms with Crippen molar-refractivity contribution in [2.45, 2.75) is 11.8 Å². The Hall–Kier alpha value is -0.250. The lowest BCUT2D eigenvalue weighted by molar-refractivity contribution is 0.614. The van der Waals surface area contributed by atoms with E-state index in [2.05, 4.69) is 0 Å². The zero-order valence-corrected chi connectivity index (χ0v) is 8.58. The summed E-state index contributed by atoms with van der Waals surface area (Å²) in [6, 6.07) is 2.91. The van der Waals surface area contributed by atoms with E-state index in [-0.39, 0.29) is 9.92 Å². The van der Waals surface area contributed by atoms with Crippen LogP contribution < -0.4 is 0 Å². The van der Waals surface area contributed by atoms with Crippen molar-refractivity contribution in [3.8, 4) is 0 Å². The largest absolute Gasteiger partial charge is 0.227 e. The van der Waals surface area contributed by atoms with E-state index in [0.717, 1.165) is 0 Å². The molecule has 0 spiro atoms. The number of benzene rings is 1. The molecule has 1 aromatic rings. The van der Waals surface area contributed by atoms with E-state index in [0.29, 0.717) is 10.6 Å². The summed E-state index contributed by atoms with van der Waals surface area (Å²) in [5.41, 5.74) is 0.593. The van der Waals surface area contributed by atoms with Crippen molar-refractivity contribution in [2.24, 2.45) is 0 Å². The fraction of sp³-hybridized carbons (Fsp3) is 0.143. The molecular formula is C7H6Cl2O2S. The maximum Gasteiger partial charge on any atom is 0.169 e. The van der Waals surface area contributed by atoms with Crippen LogP contribution in [0.5, 0.6) is 0 Å². The van der Waals surface area contributed by atoms with Crippen LogP contribution >= 0.6 is 23.2 Å².